The van der Waals surface area contributed by atoms with Gasteiger partial charge in [0, 0.05) is 0 Å². The van der Waals surface area contributed by atoms with Crippen molar-refractivity contribution < 1.29 is 79.6 Å². The van der Waals surface area contributed by atoms with Gasteiger partial charge in [0.25, 0.3) is 0 Å². The molecule has 10 nitrogen and oxygen atoms in total. The minimum Gasteiger partial charge on any atom is -1.00 e. The first-order chi connectivity index (χ1) is 0. The second-order valence-corrected chi connectivity index (χ2v) is 0. The molecule has 0 amide bonds. The fraction of sp³-hybridized carbons (Fsp3) is 0. The van der Waals surface area contributed by atoms with Crippen molar-refractivity contribution in [3.63, 3.8) is 0 Å². The zero-order valence-corrected chi connectivity index (χ0v) is 9.39. The monoisotopic (exact) mass is 274 g/mol. The summed E-state index contributed by atoms with van der Waals surface area (Å²) in [7, 11) is 0. The van der Waals surface area contributed by atoms with Gasteiger partial charge in [-0.2, -0.15) is 0 Å². The maximum Gasteiger partial charge on any atom is 2.00 e. The molecule has 0 aromatic rings. The molecular formula is H20Cl2MgO10. The molecule has 0 rings (SSSR count). The molecule has 0 saturated carbocycles. The average Bonchev–Trinajstić information content (AvgIpc) is 0. The molecular weight excluding hydrogens is 255 g/mol. The second kappa shape index (κ2) is 2060. The maximum absolute atomic E-state index is 0. The first-order valence-corrected chi connectivity index (χ1v) is 0. The second-order valence-electron chi connectivity index (χ2n) is 0. The van der Waals surface area contributed by atoms with Crippen molar-refractivity contribution in [2.45, 2.75) is 0 Å². The third kappa shape index (κ3) is 1730. The van der Waals surface area contributed by atoms with Gasteiger partial charge in [-0.3, -0.25) is 0 Å². The van der Waals surface area contributed by atoms with Gasteiger partial charge in [0.15, 0.2) is 0 Å². The van der Waals surface area contributed by atoms with E-state index in [0.717, 1.165) is 0 Å². The van der Waals surface area contributed by atoms with E-state index in [9.17, 15) is 0 Å². The minimum absolute atomic E-state index is 0. The van der Waals surface area contributed by atoms with Crippen molar-refractivity contribution in [1.82, 2.24) is 0 Å². The molecule has 13 heavy (non-hydrogen) atoms. The first-order valence-electron chi connectivity index (χ1n) is 0. The van der Waals surface area contributed by atoms with Crippen LogP contribution >= 0.6 is 0 Å². The van der Waals surface area contributed by atoms with Crippen LogP contribution in [-0.2, 0) is 0 Å². The molecule has 0 aliphatic heterocycles. The molecule has 0 spiro atoms. The zero-order chi connectivity index (χ0) is 0. The maximum atomic E-state index is 0. The van der Waals surface area contributed by atoms with E-state index in [-0.39, 0.29) is 103 Å². The number of hydrogen-bond donors (Lipinski definition) is 0. The summed E-state index contributed by atoms with van der Waals surface area (Å²) in [5.41, 5.74) is 0. The molecule has 0 unspecified atom stereocenters. The molecule has 0 heterocycles. The summed E-state index contributed by atoms with van der Waals surface area (Å²) >= 11 is 0. The van der Waals surface area contributed by atoms with E-state index < -0.39 is 0 Å². The van der Waals surface area contributed by atoms with E-state index in [1.807, 2.05) is 0 Å². The Balaban J connectivity index is 0. The summed E-state index contributed by atoms with van der Waals surface area (Å²) in [6.45, 7) is 0. The topological polar surface area (TPSA) is 315 Å². The van der Waals surface area contributed by atoms with Crippen LogP contribution in [0.5, 0.6) is 0 Å². The minimum atomic E-state index is 0. The third-order valence-corrected chi connectivity index (χ3v) is 0. The zero-order valence-electron chi connectivity index (χ0n) is 6.46. The Bertz CT molecular complexity index is 12.9. The van der Waals surface area contributed by atoms with Gasteiger partial charge in [-0.1, -0.05) is 0 Å². The van der Waals surface area contributed by atoms with E-state index >= 15 is 0 Å². The molecule has 0 radical (unpaired) electrons. The standard InChI is InChI=1S/2ClH.Mg.10H2O/h2*1H;;10*1H2/q;;+2;;;;;;;;;;/p-2. The van der Waals surface area contributed by atoms with Crippen LogP contribution in [-0.4, -0.2) is 77.8 Å². The van der Waals surface area contributed by atoms with Crippen LogP contribution in [0.15, 0.2) is 0 Å². The summed E-state index contributed by atoms with van der Waals surface area (Å²) < 4.78 is 0. The molecule has 0 fully saturated rings. The van der Waals surface area contributed by atoms with Gasteiger partial charge < -0.3 is 79.6 Å². The summed E-state index contributed by atoms with van der Waals surface area (Å²) in [5.74, 6) is 0. The Hall–Kier alpha value is 0.946. The first kappa shape index (κ1) is 2610. The Kier molecular flexibility index (Phi) is 414000. The van der Waals surface area contributed by atoms with E-state index in [1.165, 1.54) is 0 Å². The Morgan fingerprint density at radius 2 is 0.231 bits per heavy atom. The van der Waals surface area contributed by atoms with Gasteiger partial charge in [-0.15, -0.1) is 0 Å². The normalized spacial score (nSPS) is 0. The smallest absolute Gasteiger partial charge is 1.00 e. The summed E-state index contributed by atoms with van der Waals surface area (Å²) in [6, 6.07) is 0. The van der Waals surface area contributed by atoms with Gasteiger partial charge in [0.1, 0.15) is 0 Å². The van der Waals surface area contributed by atoms with E-state index in [4.69, 9.17) is 0 Å². The SMILES string of the molecule is O.O.O.O.O.O.O.O.O.O.[Cl-].[Cl-].[Mg+2]. The fourth-order valence-corrected chi connectivity index (χ4v) is 0. The van der Waals surface area contributed by atoms with E-state index in [1.54, 1.807) is 0 Å². The van der Waals surface area contributed by atoms with Crippen LogP contribution in [0.25, 0.3) is 0 Å². The van der Waals surface area contributed by atoms with Crippen molar-refractivity contribution in [3.8, 4) is 0 Å². The summed E-state index contributed by atoms with van der Waals surface area (Å²) in [4.78, 5) is 0. The fourth-order valence-electron chi connectivity index (χ4n) is 0. The van der Waals surface area contributed by atoms with Crippen LogP contribution in [0, 0.1) is 0 Å². The van der Waals surface area contributed by atoms with Gasteiger partial charge in [-0.05, 0) is 0 Å². The van der Waals surface area contributed by atoms with Crippen molar-refractivity contribution >= 4 is 23.1 Å². The Morgan fingerprint density at radius 3 is 0.231 bits per heavy atom. The molecule has 0 bridgehead atoms. The molecule has 13 heteroatoms. The molecule has 0 atom stereocenters. The average molecular weight is 275 g/mol. The Labute approximate surface area is 103 Å². The third-order valence-electron chi connectivity index (χ3n) is 0. The van der Waals surface area contributed by atoms with E-state index in [2.05, 4.69) is 0 Å². The number of hydrogen-bond acceptors (Lipinski definition) is 0. The molecule has 0 aromatic carbocycles. The summed E-state index contributed by atoms with van der Waals surface area (Å²) in [6.07, 6.45) is 0. The molecule has 20 N–H and O–H groups in total. The molecule has 96 valence electrons. The quantitative estimate of drug-likeness (QED) is 0.371. The van der Waals surface area contributed by atoms with Crippen LogP contribution in [0.1, 0.15) is 0 Å². The predicted molar refractivity (Wildman–Crippen MR) is 41.9 cm³/mol. The van der Waals surface area contributed by atoms with Crippen molar-refractivity contribution in [1.29, 1.82) is 0 Å². The molecule has 0 aromatic heterocycles. The van der Waals surface area contributed by atoms with Crippen molar-refractivity contribution in [2.24, 2.45) is 0 Å². The van der Waals surface area contributed by atoms with Gasteiger partial charge in [0.05, 0.1) is 0 Å². The van der Waals surface area contributed by atoms with Crippen LogP contribution < -0.4 is 24.8 Å². The number of halogens is 2. The molecule has 0 aliphatic carbocycles. The summed E-state index contributed by atoms with van der Waals surface area (Å²) in [5, 5.41) is 0. The molecule has 0 saturated heterocycles. The van der Waals surface area contributed by atoms with Gasteiger partial charge in [-0.25, -0.2) is 0 Å². The Morgan fingerprint density at radius 1 is 0.231 bits per heavy atom. The van der Waals surface area contributed by atoms with Gasteiger partial charge >= 0.3 is 23.1 Å². The van der Waals surface area contributed by atoms with Gasteiger partial charge in [0.2, 0.25) is 0 Å². The van der Waals surface area contributed by atoms with Crippen LogP contribution in [0.2, 0.25) is 0 Å². The predicted octanol–water partition coefficient (Wildman–Crippen LogP) is -14.6. The number of rotatable bonds is 0. The largest absolute Gasteiger partial charge is 2.00 e. The van der Waals surface area contributed by atoms with Crippen LogP contribution in [0.4, 0.5) is 0 Å². The van der Waals surface area contributed by atoms with Crippen molar-refractivity contribution in [3.05, 3.63) is 0 Å². The van der Waals surface area contributed by atoms with Crippen LogP contribution in [0.3, 0.4) is 0 Å². The van der Waals surface area contributed by atoms with Crippen molar-refractivity contribution in [2.75, 3.05) is 0 Å². The van der Waals surface area contributed by atoms with E-state index in [0.29, 0.717) is 0 Å². The molecule has 0 aliphatic rings.